The van der Waals surface area contributed by atoms with E-state index in [1.54, 1.807) is 35.2 Å². The van der Waals surface area contributed by atoms with E-state index in [-0.39, 0.29) is 11.5 Å². The molecule has 0 radical (unpaired) electrons. The first kappa shape index (κ1) is 8.23. The number of aromatic hydroxyl groups is 1. The highest BCUT2D eigenvalue weighted by Gasteiger charge is 2.17. The molecule has 0 atom stereocenters. The van der Waals surface area contributed by atoms with Crippen molar-refractivity contribution in [1.82, 2.24) is 4.68 Å². The Kier molecular flexibility index (Phi) is 1.48. The zero-order valence-corrected chi connectivity index (χ0v) is 7.84. The number of carbonyl (C=O) groups is 1. The second-order valence-corrected chi connectivity index (χ2v) is 3.51. The molecule has 0 fully saturated rings. The minimum Gasteiger partial charge on any atom is -0.508 e. The molecule has 3 rings (SSSR count). The van der Waals surface area contributed by atoms with Crippen LogP contribution in [-0.2, 0) is 0 Å². The van der Waals surface area contributed by atoms with Crippen LogP contribution in [0.25, 0.3) is 10.9 Å². The molecule has 0 aliphatic carbocycles. The fraction of sp³-hybridized carbons (Fsp3) is 0.0909. The summed E-state index contributed by atoms with van der Waals surface area (Å²) >= 11 is 0. The van der Waals surface area contributed by atoms with Crippen LogP contribution in [0.3, 0.4) is 0 Å². The van der Waals surface area contributed by atoms with Gasteiger partial charge in [-0.3, -0.25) is 4.79 Å². The zero-order valence-electron chi connectivity index (χ0n) is 7.84. The third-order valence-corrected chi connectivity index (χ3v) is 2.52. The summed E-state index contributed by atoms with van der Waals surface area (Å²) < 4.78 is 1.61. The van der Waals surface area contributed by atoms with Gasteiger partial charge in [-0.1, -0.05) is 0 Å². The number of carbonyl (C=O) groups excluding carboxylic acids is 1. The van der Waals surface area contributed by atoms with E-state index >= 15 is 0 Å². The largest absolute Gasteiger partial charge is 0.508 e. The molecule has 74 valence electrons. The van der Waals surface area contributed by atoms with Gasteiger partial charge in [0.05, 0.1) is 5.52 Å². The molecule has 1 aliphatic heterocycles. The van der Waals surface area contributed by atoms with Crippen molar-refractivity contribution in [2.45, 2.75) is 6.42 Å². The summed E-state index contributed by atoms with van der Waals surface area (Å²) in [5, 5.41) is 14.3. The van der Waals surface area contributed by atoms with Gasteiger partial charge in [0.2, 0.25) is 0 Å². The molecular weight excluding hydrogens is 192 g/mol. The second kappa shape index (κ2) is 2.70. The molecule has 0 spiro atoms. The number of phenols is 1. The average molecular weight is 200 g/mol. The molecule has 1 aromatic heterocycles. The van der Waals surface area contributed by atoms with Crippen LogP contribution < -0.4 is 0 Å². The van der Waals surface area contributed by atoms with Crippen molar-refractivity contribution in [2.24, 2.45) is 5.10 Å². The lowest BCUT2D eigenvalue weighted by molar-refractivity contribution is 0.0990. The maximum Gasteiger partial charge on any atom is 0.186 e. The highest BCUT2D eigenvalue weighted by molar-refractivity contribution is 6.07. The number of hydrogen-bond donors (Lipinski definition) is 1. The van der Waals surface area contributed by atoms with E-state index in [0.717, 1.165) is 10.9 Å². The Morgan fingerprint density at radius 1 is 1.33 bits per heavy atom. The highest BCUT2D eigenvalue weighted by atomic mass is 16.3. The molecule has 2 heterocycles. The second-order valence-electron chi connectivity index (χ2n) is 3.51. The maximum absolute atomic E-state index is 11.6. The summed E-state index contributed by atoms with van der Waals surface area (Å²) in [6.45, 7) is 0. The first-order valence-electron chi connectivity index (χ1n) is 4.66. The van der Waals surface area contributed by atoms with Crippen LogP contribution in [0.4, 0.5) is 0 Å². The van der Waals surface area contributed by atoms with Gasteiger partial charge < -0.3 is 5.11 Å². The topological polar surface area (TPSA) is 54.6 Å². The quantitative estimate of drug-likeness (QED) is 0.704. The van der Waals surface area contributed by atoms with E-state index in [1.165, 1.54) is 0 Å². The van der Waals surface area contributed by atoms with E-state index in [1.807, 2.05) is 0 Å². The van der Waals surface area contributed by atoms with Gasteiger partial charge in [-0.05, 0) is 24.3 Å². The van der Waals surface area contributed by atoms with Gasteiger partial charge in [0.15, 0.2) is 5.78 Å². The van der Waals surface area contributed by atoms with Gasteiger partial charge in [0.1, 0.15) is 11.4 Å². The van der Waals surface area contributed by atoms with Crippen LogP contribution in [0.5, 0.6) is 5.75 Å². The van der Waals surface area contributed by atoms with Crippen LogP contribution in [0.15, 0.2) is 29.4 Å². The van der Waals surface area contributed by atoms with Crippen molar-refractivity contribution < 1.29 is 9.90 Å². The van der Waals surface area contributed by atoms with Gasteiger partial charge in [-0.25, -0.2) is 4.68 Å². The zero-order chi connectivity index (χ0) is 10.4. The molecule has 1 aromatic carbocycles. The summed E-state index contributed by atoms with van der Waals surface area (Å²) in [5.74, 6) is 0.252. The van der Waals surface area contributed by atoms with Crippen LogP contribution in [0.2, 0.25) is 0 Å². The molecule has 4 heteroatoms. The highest BCUT2D eigenvalue weighted by Crippen LogP contribution is 2.25. The molecule has 4 nitrogen and oxygen atoms in total. The molecule has 0 amide bonds. The Morgan fingerprint density at radius 2 is 2.20 bits per heavy atom. The van der Waals surface area contributed by atoms with Crippen molar-refractivity contribution in [3.63, 3.8) is 0 Å². The van der Waals surface area contributed by atoms with Crippen LogP contribution in [0, 0.1) is 0 Å². The number of Topliss-reactive ketones (excluding diaryl/α,β-unsaturated/α-hetero) is 1. The van der Waals surface area contributed by atoms with E-state index in [9.17, 15) is 9.90 Å². The van der Waals surface area contributed by atoms with Crippen molar-refractivity contribution in [2.75, 3.05) is 0 Å². The van der Waals surface area contributed by atoms with Gasteiger partial charge in [-0.2, -0.15) is 5.10 Å². The Morgan fingerprint density at radius 3 is 3.07 bits per heavy atom. The number of phenolic OH excluding ortho intramolecular Hbond substituents is 1. The first-order valence-corrected chi connectivity index (χ1v) is 4.66. The number of fused-ring (bicyclic) bond motifs is 3. The van der Waals surface area contributed by atoms with Crippen molar-refractivity contribution in [3.8, 4) is 5.75 Å². The molecule has 15 heavy (non-hydrogen) atoms. The molecule has 1 aliphatic rings. The normalized spacial score (nSPS) is 14.5. The Labute approximate surface area is 85.4 Å². The van der Waals surface area contributed by atoms with Gasteiger partial charge >= 0.3 is 0 Å². The molecule has 1 N–H and O–H groups in total. The number of rotatable bonds is 0. The fourth-order valence-corrected chi connectivity index (χ4v) is 1.82. The Balaban J connectivity index is 2.41. The van der Waals surface area contributed by atoms with E-state index in [4.69, 9.17) is 0 Å². The van der Waals surface area contributed by atoms with Crippen molar-refractivity contribution >= 4 is 22.9 Å². The number of benzene rings is 1. The van der Waals surface area contributed by atoms with Crippen LogP contribution >= 0.6 is 0 Å². The van der Waals surface area contributed by atoms with E-state index in [2.05, 4.69) is 5.10 Å². The SMILES string of the molecule is O=C1CC=Nn2c1cc1cc(O)ccc12. The summed E-state index contributed by atoms with van der Waals surface area (Å²) in [5.41, 5.74) is 1.42. The number of ketones is 1. The molecular formula is C11H8N2O2. The van der Waals surface area contributed by atoms with Gasteiger partial charge in [0.25, 0.3) is 0 Å². The summed E-state index contributed by atoms with van der Waals surface area (Å²) in [6.07, 6.45) is 1.95. The minimum absolute atomic E-state index is 0.0562. The van der Waals surface area contributed by atoms with Crippen LogP contribution in [0.1, 0.15) is 16.9 Å². The third-order valence-electron chi connectivity index (χ3n) is 2.52. The van der Waals surface area contributed by atoms with Gasteiger partial charge in [0, 0.05) is 18.0 Å². The average Bonchev–Trinajstić information content (AvgIpc) is 2.57. The smallest absolute Gasteiger partial charge is 0.186 e. The number of nitrogens with zero attached hydrogens (tertiary/aromatic N) is 2. The predicted octanol–water partition coefficient (Wildman–Crippen LogP) is 1.77. The maximum atomic E-state index is 11.6. The molecule has 0 saturated heterocycles. The predicted molar refractivity (Wildman–Crippen MR) is 56.4 cm³/mol. The number of aromatic nitrogens is 1. The van der Waals surface area contributed by atoms with Crippen molar-refractivity contribution in [3.05, 3.63) is 30.0 Å². The standard InChI is InChI=1S/C11H8N2O2/c14-8-1-2-9-7(5-8)6-10-11(15)3-4-12-13(9)10/h1-2,4-6,14H,3H2. The van der Waals surface area contributed by atoms with E-state index < -0.39 is 0 Å². The lowest BCUT2D eigenvalue weighted by Gasteiger charge is -2.06. The third kappa shape index (κ3) is 1.08. The summed E-state index contributed by atoms with van der Waals surface area (Å²) in [6, 6.07) is 6.73. The summed E-state index contributed by atoms with van der Waals surface area (Å²) in [7, 11) is 0. The number of hydrogen-bond acceptors (Lipinski definition) is 3. The first-order chi connectivity index (χ1) is 7.25. The lowest BCUT2D eigenvalue weighted by atomic mass is 10.2. The Hall–Kier alpha value is -2.10. The molecule has 0 bridgehead atoms. The molecule has 0 unspecified atom stereocenters. The van der Waals surface area contributed by atoms with E-state index in [0.29, 0.717) is 12.1 Å². The molecule has 2 aromatic rings. The van der Waals surface area contributed by atoms with Gasteiger partial charge in [-0.15, -0.1) is 0 Å². The minimum atomic E-state index is 0.0562. The summed E-state index contributed by atoms with van der Waals surface area (Å²) in [4.78, 5) is 11.6. The Bertz CT molecular complexity index is 596. The molecule has 0 saturated carbocycles. The fourth-order valence-electron chi connectivity index (χ4n) is 1.82. The lowest BCUT2D eigenvalue weighted by Crippen LogP contribution is -2.11. The monoisotopic (exact) mass is 200 g/mol. The van der Waals surface area contributed by atoms with Crippen LogP contribution in [-0.4, -0.2) is 21.8 Å². The van der Waals surface area contributed by atoms with Crippen molar-refractivity contribution in [1.29, 1.82) is 0 Å².